The van der Waals surface area contributed by atoms with Crippen molar-refractivity contribution in [1.29, 1.82) is 0 Å². The lowest BCUT2D eigenvalue weighted by atomic mass is 10.2. The second kappa shape index (κ2) is 5.98. The molecule has 8 heteroatoms. The third-order valence-corrected chi connectivity index (χ3v) is 3.79. The van der Waals surface area contributed by atoms with E-state index in [4.69, 9.17) is 23.2 Å². The molecule has 6 nitrogen and oxygen atoms in total. The Kier molecular flexibility index (Phi) is 4.02. The molecule has 0 unspecified atom stereocenters. The summed E-state index contributed by atoms with van der Waals surface area (Å²) in [5, 5.41) is 3.23. The fourth-order valence-electron chi connectivity index (χ4n) is 2.18. The first-order valence-electron chi connectivity index (χ1n) is 6.53. The van der Waals surface area contributed by atoms with E-state index < -0.39 is 24.3 Å². The standard InChI is InChI=1S/C15H9Cl2N3O3/c16-8-3-4-11(10(17)6-8)19-12(21)7-20-14(22)9-2-1-5-18-13(9)15(20)23/h1-6H,7H2,(H,19,21). The molecule has 116 valence electrons. The molecule has 2 heterocycles. The van der Waals surface area contributed by atoms with E-state index in [1.165, 1.54) is 24.4 Å². The number of nitrogens with one attached hydrogen (secondary N) is 1. The van der Waals surface area contributed by atoms with Crippen LogP contribution in [0.5, 0.6) is 0 Å². The molecule has 0 atom stereocenters. The first kappa shape index (κ1) is 15.5. The van der Waals surface area contributed by atoms with Gasteiger partial charge in [0, 0.05) is 11.2 Å². The second-order valence-corrected chi connectivity index (χ2v) is 5.61. The molecule has 0 bridgehead atoms. The third-order valence-electron chi connectivity index (χ3n) is 3.24. The molecule has 1 N–H and O–H groups in total. The molecule has 2 aromatic rings. The van der Waals surface area contributed by atoms with Gasteiger partial charge in [0.05, 0.1) is 16.3 Å². The highest BCUT2D eigenvalue weighted by Gasteiger charge is 2.37. The van der Waals surface area contributed by atoms with E-state index in [9.17, 15) is 14.4 Å². The molecule has 3 amide bonds. The summed E-state index contributed by atoms with van der Waals surface area (Å²) in [6, 6.07) is 7.63. The van der Waals surface area contributed by atoms with Crippen LogP contribution in [-0.2, 0) is 4.79 Å². The van der Waals surface area contributed by atoms with Crippen LogP contribution in [0.1, 0.15) is 20.8 Å². The van der Waals surface area contributed by atoms with E-state index >= 15 is 0 Å². The minimum Gasteiger partial charge on any atom is -0.323 e. The molecule has 23 heavy (non-hydrogen) atoms. The van der Waals surface area contributed by atoms with Gasteiger partial charge in [0.25, 0.3) is 11.8 Å². The van der Waals surface area contributed by atoms with Crippen molar-refractivity contribution in [3.05, 3.63) is 57.8 Å². The third kappa shape index (κ3) is 2.91. The number of hydrogen-bond donors (Lipinski definition) is 1. The van der Waals surface area contributed by atoms with Crippen molar-refractivity contribution < 1.29 is 14.4 Å². The van der Waals surface area contributed by atoms with Crippen LogP contribution in [0.25, 0.3) is 0 Å². The molecule has 0 spiro atoms. The molecule has 1 aromatic carbocycles. The Balaban J connectivity index is 1.74. The van der Waals surface area contributed by atoms with Crippen LogP contribution >= 0.6 is 23.2 Å². The zero-order chi connectivity index (χ0) is 16.6. The monoisotopic (exact) mass is 349 g/mol. The van der Waals surface area contributed by atoms with Crippen LogP contribution in [0.3, 0.4) is 0 Å². The van der Waals surface area contributed by atoms with Crippen LogP contribution in [0, 0.1) is 0 Å². The van der Waals surface area contributed by atoms with E-state index in [2.05, 4.69) is 10.3 Å². The lowest BCUT2D eigenvalue weighted by Gasteiger charge is -2.14. The number of imide groups is 1. The summed E-state index contributed by atoms with van der Waals surface area (Å²) in [6.07, 6.45) is 1.42. The van der Waals surface area contributed by atoms with Gasteiger partial charge in [-0.15, -0.1) is 0 Å². The highest BCUT2D eigenvalue weighted by molar-refractivity contribution is 6.36. The molecule has 0 aliphatic carbocycles. The average Bonchev–Trinajstić information content (AvgIpc) is 2.76. The largest absolute Gasteiger partial charge is 0.323 e. The zero-order valence-electron chi connectivity index (χ0n) is 11.5. The number of carbonyl (C=O) groups excluding carboxylic acids is 3. The van der Waals surface area contributed by atoms with Crippen molar-refractivity contribution >= 4 is 46.6 Å². The summed E-state index contributed by atoms with van der Waals surface area (Å²) >= 11 is 11.7. The Bertz CT molecular complexity index is 803. The average molecular weight is 350 g/mol. The lowest BCUT2D eigenvalue weighted by molar-refractivity contribution is -0.116. The first-order valence-corrected chi connectivity index (χ1v) is 7.29. The molecule has 3 rings (SSSR count). The summed E-state index contributed by atoms with van der Waals surface area (Å²) in [5.41, 5.74) is 0.584. The van der Waals surface area contributed by atoms with Crippen molar-refractivity contribution in [3.63, 3.8) is 0 Å². The number of anilines is 1. The number of carbonyl (C=O) groups is 3. The maximum absolute atomic E-state index is 12.1. The Morgan fingerprint density at radius 2 is 1.96 bits per heavy atom. The molecular weight excluding hydrogens is 341 g/mol. The molecule has 0 fully saturated rings. The summed E-state index contributed by atoms with van der Waals surface area (Å²) < 4.78 is 0. The molecule has 0 saturated carbocycles. The van der Waals surface area contributed by atoms with Crippen LogP contribution in [0.4, 0.5) is 5.69 Å². The van der Waals surface area contributed by atoms with Gasteiger partial charge in [-0.3, -0.25) is 24.3 Å². The maximum Gasteiger partial charge on any atom is 0.280 e. The highest BCUT2D eigenvalue weighted by Crippen LogP contribution is 2.26. The predicted octanol–water partition coefficient (Wildman–Crippen LogP) is 2.62. The quantitative estimate of drug-likeness (QED) is 0.863. The number of pyridine rings is 1. The van der Waals surface area contributed by atoms with Gasteiger partial charge >= 0.3 is 0 Å². The van der Waals surface area contributed by atoms with Crippen molar-refractivity contribution in [2.45, 2.75) is 0 Å². The summed E-state index contributed by atoms with van der Waals surface area (Å²) in [7, 11) is 0. The van der Waals surface area contributed by atoms with Crippen molar-refractivity contribution in [1.82, 2.24) is 9.88 Å². The number of benzene rings is 1. The summed E-state index contributed by atoms with van der Waals surface area (Å²) in [4.78, 5) is 41.1. The fraction of sp³-hybridized carbons (Fsp3) is 0.0667. The van der Waals surface area contributed by atoms with Gasteiger partial charge in [0.15, 0.2) is 0 Å². The minimum atomic E-state index is -0.594. The van der Waals surface area contributed by atoms with Crippen molar-refractivity contribution in [3.8, 4) is 0 Å². The predicted molar refractivity (Wildman–Crippen MR) is 84.7 cm³/mol. The zero-order valence-corrected chi connectivity index (χ0v) is 13.1. The van der Waals surface area contributed by atoms with Crippen molar-refractivity contribution in [2.75, 3.05) is 11.9 Å². The van der Waals surface area contributed by atoms with E-state index in [1.54, 1.807) is 12.1 Å². The Hall–Kier alpha value is -2.44. The fourth-order valence-corrected chi connectivity index (χ4v) is 2.64. The molecule has 0 radical (unpaired) electrons. The first-order chi connectivity index (χ1) is 11.0. The van der Waals surface area contributed by atoms with Crippen molar-refractivity contribution in [2.24, 2.45) is 0 Å². The van der Waals surface area contributed by atoms with E-state index in [0.717, 1.165) is 4.90 Å². The van der Waals surface area contributed by atoms with E-state index in [-0.39, 0.29) is 16.3 Å². The van der Waals surface area contributed by atoms with Gasteiger partial charge in [-0.05, 0) is 30.3 Å². The normalized spacial score (nSPS) is 13.2. The summed E-state index contributed by atoms with van der Waals surface area (Å²) in [5.74, 6) is -1.69. The van der Waals surface area contributed by atoms with E-state index in [1.807, 2.05) is 0 Å². The van der Waals surface area contributed by atoms with Crippen LogP contribution in [-0.4, -0.2) is 34.2 Å². The number of halogens is 2. The van der Waals surface area contributed by atoms with E-state index in [0.29, 0.717) is 10.7 Å². The van der Waals surface area contributed by atoms with Gasteiger partial charge in [0.2, 0.25) is 5.91 Å². The van der Waals surface area contributed by atoms with Gasteiger partial charge in [-0.25, -0.2) is 0 Å². The van der Waals surface area contributed by atoms with Crippen LogP contribution in [0.15, 0.2) is 36.5 Å². The highest BCUT2D eigenvalue weighted by atomic mass is 35.5. The lowest BCUT2D eigenvalue weighted by Crippen LogP contribution is -2.37. The number of rotatable bonds is 3. The number of fused-ring (bicyclic) bond motifs is 1. The molecular formula is C15H9Cl2N3O3. The second-order valence-electron chi connectivity index (χ2n) is 4.77. The number of aromatic nitrogens is 1. The Labute approximate surface area is 141 Å². The summed E-state index contributed by atoms with van der Waals surface area (Å²) in [6.45, 7) is -0.424. The molecule has 1 aliphatic rings. The maximum atomic E-state index is 12.1. The SMILES string of the molecule is O=C(CN1C(=O)c2cccnc2C1=O)Nc1ccc(Cl)cc1Cl. The van der Waals surface area contributed by atoms with Gasteiger partial charge in [0.1, 0.15) is 12.2 Å². The molecule has 1 aromatic heterocycles. The number of amides is 3. The Morgan fingerprint density at radius 1 is 1.17 bits per heavy atom. The number of hydrogen-bond acceptors (Lipinski definition) is 4. The van der Waals surface area contributed by atoms with Crippen LogP contribution in [0.2, 0.25) is 10.0 Å². The molecule has 1 aliphatic heterocycles. The molecule has 0 saturated heterocycles. The minimum absolute atomic E-state index is 0.0508. The topological polar surface area (TPSA) is 79.4 Å². The number of nitrogens with zero attached hydrogens (tertiary/aromatic N) is 2. The smallest absolute Gasteiger partial charge is 0.280 e. The van der Waals surface area contributed by atoms with Gasteiger partial charge < -0.3 is 5.32 Å². The van der Waals surface area contributed by atoms with Crippen LogP contribution < -0.4 is 5.32 Å². The van der Waals surface area contributed by atoms with Gasteiger partial charge in [-0.2, -0.15) is 0 Å². The Morgan fingerprint density at radius 3 is 2.65 bits per heavy atom. The van der Waals surface area contributed by atoms with Gasteiger partial charge in [-0.1, -0.05) is 23.2 Å².